The van der Waals surface area contributed by atoms with Gasteiger partial charge in [0.25, 0.3) is 0 Å². The molecule has 7 heteroatoms. The van der Waals surface area contributed by atoms with Crippen molar-refractivity contribution in [2.75, 3.05) is 37.3 Å². The summed E-state index contributed by atoms with van der Waals surface area (Å²) in [6, 6.07) is 8.27. The molecule has 5 nitrogen and oxygen atoms in total. The molecule has 1 aliphatic rings. The van der Waals surface area contributed by atoms with Crippen molar-refractivity contribution >= 4 is 33.9 Å². The molecule has 0 aliphatic carbocycles. The molecule has 0 saturated carbocycles. The van der Waals surface area contributed by atoms with Gasteiger partial charge in [0.15, 0.2) is 4.34 Å². The van der Waals surface area contributed by atoms with Crippen LogP contribution in [-0.2, 0) is 4.74 Å². The second kappa shape index (κ2) is 8.98. The zero-order chi connectivity index (χ0) is 17.6. The highest BCUT2D eigenvalue weighted by Crippen LogP contribution is 2.29. The third-order valence-electron chi connectivity index (χ3n) is 3.91. The Morgan fingerprint density at radius 3 is 3.08 bits per heavy atom. The Kier molecular flexibility index (Phi) is 6.70. The van der Waals surface area contributed by atoms with Crippen molar-refractivity contribution in [2.45, 2.75) is 31.2 Å². The van der Waals surface area contributed by atoms with Crippen LogP contribution in [0.25, 0.3) is 0 Å². The van der Waals surface area contributed by atoms with E-state index < -0.39 is 0 Å². The van der Waals surface area contributed by atoms with Crippen LogP contribution in [0.2, 0.25) is 0 Å². The maximum absolute atomic E-state index is 5.91. The molecule has 0 unspecified atom stereocenters. The summed E-state index contributed by atoms with van der Waals surface area (Å²) in [6.45, 7) is 10.6. The van der Waals surface area contributed by atoms with Gasteiger partial charge in [0.05, 0.1) is 12.7 Å². The van der Waals surface area contributed by atoms with Crippen molar-refractivity contribution in [2.24, 2.45) is 5.92 Å². The lowest BCUT2D eigenvalue weighted by molar-refractivity contribution is -0.0191. The molecule has 1 N–H and O–H groups in total. The number of hydrogen-bond donors (Lipinski definition) is 1. The SMILES string of the molecule is Cc1cccc(Nc2nnc(SC[C@@H]3CN(CC(C)C)CCO3)s2)c1. The minimum atomic E-state index is 0.273. The summed E-state index contributed by atoms with van der Waals surface area (Å²) < 4.78 is 6.89. The van der Waals surface area contributed by atoms with E-state index in [1.807, 2.05) is 12.1 Å². The molecule has 2 heterocycles. The third kappa shape index (κ3) is 5.95. The number of benzene rings is 1. The smallest absolute Gasteiger partial charge is 0.210 e. The summed E-state index contributed by atoms with van der Waals surface area (Å²) in [4.78, 5) is 2.50. The van der Waals surface area contributed by atoms with Crippen molar-refractivity contribution in [1.82, 2.24) is 15.1 Å². The second-order valence-corrected chi connectivity index (χ2v) is 9.07. The molecule has 1 aromatic heterocycles. The van der Waals surface area contributed by atoms with Crippen LogP contribution in [0.5, 0.6) is 0 Å². The molecular weight excluding hydrogens is 352 g/mol. The zero-order valence-corrected chi connectivity index (χ0v) is 16.7. The van der Waals surface area contributed by atoms with Gasteiger partial charge in [0.2, 0.25) is 5.13 Å². The van der Waals surface area contributed by atoms with Gasteiger partial charge in [-0.15, -0.1) is 10.2 Å². The average Bonchev–Trinajstić information content (AvgIpc) is 3.00. The van der Waals surface area contributed by atoms with E-state index in [1.165, 1.54) is 5.56 Å². The third-order valence-corrected chi connectivity index (χ3v) is 6.02. The molecule has 0 amide bonds. The summed E-state index contributed by atoms with van der Waals surface area (Å²) >= 11 is 3.33. The summed E-state index contributed by atoms with van der Waals surface area (Å²) in [7, 11) is 0. The van der Waals surface area contributed by atoms with Crippen molar-refractivity contribution in [3.63, 3.8) is 0 Å². The van der Waals surface area contributed by atoms with Crippen LogP contribution < -0.4 is 5.32 Å². The van der Waals surface area contributed by atoms with E-state index in [0.29, 0.717) is 5.92 Å². The standard InChI is InChI=1S/C18H26N4OS2/c1-13(2)10-22-7-8-23-16(11-22)12-24-18-21-20-17(25-18)19-15-6-4-5-14(3)9-15/h4-6,9,13,16H,7-8,10-12H2,1-3H3,(H,19,20)/t16-/m0/s1. The molecule has 0 spiro atoms. The first-order chi connectivity index (χ1) is 12.1. The number of aryl methyl sites for hydroxylation is 1. The fraction of sp³-hybridized carbons (Fsp3) is 0.556. The minimum Gasteiger partial charge on any atom is -0.375 e. The van der Waals surface area contributed by atoms with Crippen molar-refractivity contribution in [3.8, 4) is 0 Å². The molecule has 25 heavy (non-hydrogen) atoms. The predicted molar refractivity (Wildman–Crippen MR) is 106 cm³/mol. The Morgan fingerprint density at radius 1 is 1.40 bits per heavy atom. The fourth-order valence-corrected chi connectivity index (χ4v) is 4.70. The van der Waals surface area contributed by atoms with Gasteiger partial charge >= 0.3 is 0 Å². The first kappa shape index (κ1) is 18.6. The molecule has 1 atom stereocenters. The summed E-state index contributed by atoms with van der Waals surface area (Å²) in [6.07, 6.45) is 0.273. The second-order valence-electron chi connectivity index (χ2n) is 6.82. The summed E-state index contributed by atoms with van der Waals surface area (Å²) in [5.74, 6) is 1.62. The molecule has 2 aromatic rings. The normalized spacial score (nSPS) is 18.6. The highest BCUT2D eigenvalue weighted by molar-refractivity contribution is 8.01. The number of hydrogen-bond acceptors (Lipinski definition) is 7. The lowest BCUT2D eigenvalue weighted by Gasteiger charge is -2.33. The first-order valence-corrected chi connectivity index (χ1v) is 10.5. The molecule has 0 radical (unpaired) electrons. The molecule has 1 saturated heterocycles. The number of morpholine rings is 1. The lowest BCUT2D eigenvalue weighted by Crippen LogP contribution is -2.44. The van der Waals surface area contributed by atoms with Gasteiger partial charge in [-0.3, -0.25) is 4.90 Å². The highest BCUT2D eigenvalue weighted by Gasteiger charge is 2.21. The topological polar surface area (TPSA) is 50.3 Å². The van der Waals surface area contributed by atoms with E-state index in [1.54, 1.807) is 23.1 Å². The molecule has 0 bridgehead atoms. The van der Waals surface area contributed by atoms with Crippen LogP contribution in [0.3, 0.4) is 0 Å². The minimum absolute atomic E-state index is 0.273. The number of rotatable bonds is 7. The Labute approximate surface area is 158 Å². The number of nitrogens with one attached hydrogen (secondary N) is 1. The molecule has 1 aliphatic heterocycles. The van der Waals surface area contributed by atoms with Gasteiger partial charge in [-0.2, -0.15) is 0 Å². The molecular formula is C18H26N4OS2. The van der Waals surface area contributed by atoms with Crippen LogP contribution in [0.1, 0.15) is 19.4 Å². The Morgan fingerprint density at radius 2 is 2.28 bits per heavy atom. The Hall–Kier alpha value is -1.15. The van der Waals surface area contributed by atoms with E-state index in [2.05, 4.69) is 53.3 Å². The van der Waals surface area contributed by atoms with Crippen LogP contribution in [0.4, 0.5) is 10.8 Å². The Balaban J connectivity index is 1.48. The summed E-state index contributed by atoms with van der Waals surface area (Å²) in [5, 5.41) is 12.7. The lowest BCUT2D eigenvalue weighted by atomic mass is 10.2. The monoisotopic (exact) mass is 378 g/mol. The maximum Gasteiger partial charge on any atom is 0.210 e. The number of anilines is 2. The number of ether oxygens (including phenoxy) is 1. The van der Waals surface area contributed by atoms with Gasteiger partial charge < -0.3 is 10.1 Å². The number of nitrogens with zero attached hydrogens (tertiary/aromatic N) is 3. The van der Waals surface area contributed by atoms with Gasteiger partial charge in [0, 0.05) is 31.1 Å². The fourth-order valence-electron chi connectivity index (χ4n) is 2.89. The highest BCUT2D eigenvalue weighted by atomic mass is 32.2. The van der Waals surface area contributed by atoms with Crippen molar-refractivity contribution in [3.05, 3.63) is 29.8 Å². The Bertz CT molecular complexity index is 677. The quantitative estimate of drug-likeness (QED) is 0.734. The molecule has 1 fully saturated rings. The zero-order valence-electron chi connectivity index (χ0n) is 15.1. The van der Waals surface area contributed by atoms with Crippen LogP contribution in [0, 0.1) is 12.8 Å². The molecule has 136 valence electrons. The van der Waals surface area contributed by atoms with E-state index in [4.69, 9.17) is 4.74 Å². The molecule has 1 aromatic carbocycles. The van der Waals surface area contributed by atoms with Gasteiger partial charge in [-0.25, -0.2) is 0 Å². The van der Waals surface area contributed by atoms with Crippen LogP contribution >= 0.6 is 23.1 Å². The first-order valence-electron chi connectivity index (χ1n) is 8.72. The van der Waals surface area contributed by atoms with Gasteiger partial charge in [-0.1, -0.05) is 49.1 Å². The maximum atomic E-state index is 5.91. The van der Waals surface area contributed by atoms with E-state index in [-0.39, 0.29) is 6.10 Å². The van der Waals surface area contributed by atoms with Crippen molar-refractivity contribution < 1.29 is 4.74 Å². The van der Waals surface area contributed by atoms with Crippen molar-refractivity contribution in [1.29, 1.82) is 0 Å². The van der Waals surface area contributed by atoms with Gasteiger partial charge in [-0.05, 0) is 30.5 Å². The summed E-state index contributed by atoms with van der Waals surface area (Å²) in [5.41, 5.74) is 2.28. The molecule has 3 rings (SSSR count). The van der Waals surface area contributed by atoms with Gasteiger partial charge in [0.1, 0.15) is 0 Å². The van der Waals surface area contributed by atoms with Crippen LogP contribution in [0.15, 0.2) is 28.6 Å². The van der Waals surface area contributed by atoms with E-state index in [9.17, 15) is 0 Å². The number of thioether (sulfide) groups is 1. The van der Waals surface area contributed by atoms with Crippen LogP contribution in [-0.4, -0.2) is 53.2 Å². The average molecular weight is 379 g/mol. The van der Waals surface area contributed by atoms with E-state index in [0.717, 1.165) is 47.2 Å². The number of aromatic nitrogens is 2. The van der Waals surface area contributed by atoms with E-state index >= 15 is 0 Å². The largest absolute Gasteiger partial charge is 0.375 e. The predicted octanol–water partition coefficient (Wildman–Crippen LogP) is 4.04.